The lowest BCUT2D eigenvalue weighted by atomic mass is 9.97. The average Bonchev–Trinajstić information content (AvgIpc) is 3.31. The van der Waals surface area contributed by atoms with Crippen molar-refractivity contribution in [3.8, 4) is 0 Å². The van der Waals surface area contributed by atoms with Crippen LogP contribution in [-0.4, -0.2) is 32.4 Å². The molecule has 0 radical (unpaired) electrons. The summed E-state index contributed by atoms with van der Waals surface area (Å²) in [5.74, 6) is -10.8. The molecule has 0 aromatic heterocycles. The Morgan fingerprint density at radius 1 is 0.917 bits per heavy atom. The number of rotatable bonds is 6. The fourth-order valence-electron chi connectivity index (χ4n) is 3.95. The monoisotopic (exact) mass is 503 g/mol. The first-order valence-electron chi connectivity index (χ1n) is 11.1. The summed E-state index contributed by atoms with van der Waals surface area (Å²) < 4.78 is 76.3. The van der Waals surface area contributed by atoms with Crippen LogP contribution in [0.25, 0.3) is 0 Å². The number of carbonyl (C=O) groups excluding carboxylic acids is 1. The third-order valence-electron chi connectivity index (χ3n) is 5.85. The van der Waals surface area contributed by atoms with Crippen LogP contribution in [0.15, 0.2) is 53.6 Å². The molecule has 3 aromatic rings. The Bertz CT molecular complexity index is 1300. The maximum atomic E-state index is 14.8. The van der Waals surface area contributed by atoms with Crippen molar-refractivity contribution in [2.24, 2.45) is 5.10 Å². The second kappa shape index (κ2) is 9.96. The number of anilines is 2. The van der Waals surface area contributed by atoms with Crippen LogP contribution in [0.3, 0.4) is 0 Å². The highest BCUT2D eigenvalue weighted by molar-refractivity contribution is 6.04. The molecular weight excluding hydrogens is 481 g/mol. The van der Waals surface area contributed by atoms with Gasteiger partial charge in [0.2, 0.25) is 5.82 Å². The number of nitrogens with zero attached hydrogens (tertiary/aromatic N) is 3. The summed E-state index contributed by atoms with van der Waals surface area (Å²) in [7, 11) is 3.68. The van der Waals surface area contributed by atoms with Crippen molar-refractivity contribution in [3.63, 3.8) is 0 Å². The second-order valence-corrected chi connectivity index (χ2v) is 8.31. The van der Waals surface area contributed by atoms with Gasteiger partial charge < -0.3 is 9.64 Å². The van der Waals surface area contributed by atoms with E-state index in [4.69, 9.17) is 4.74 Å². The summed E-state index contributed by atoms with van der Waals surface area (Å²) >= 11 is 0. The van der Waals surface area contributed by atoms with Crippen LogP contribution < -0.4 is 9.91 Å². The lowest BCUT2D eigenvalue weighted by molar-refractivity contribution is 0.0526. The third-order valence-corrected chi connectivity index (χ3v) is 5.85. The van der Waals surface area contributed by atoms with E-state index in [1.165, 1.54) is 12.1 Å². The van der Waals surface area contributed by atoms with Gasteiger partial charge in [-0.25, -0.2) is 26.7 Å². The molecule has 0 N–H and O–H groups in total. The Morgan fingerprint density at radius 2 is 1.47 bits per heavy atom. The van der Waals surface area contributed by atoms with Gasteiger partial charge in [0.05, 0.1) is 23.9 Å². The first kappa shape index (κ1) is 25.2. The van der Waals surface area contributed by atoms with E-state index >= 15 is 0 Å². The Hall–Kier alpha value is -3.95. The normalized spacial score (nSPS) is 15.2. The van der Waals surface area contributed by atoms with E-state index in [0.717, 1.165) is 10.7 Å². The van der Waals surface area contributed by atoms with Gasteiger partial charge in [-0.15, -0.1) is 0 Å². The zero-order valence-corrected chi connectivity index (χ0v) is 19.7. The van der Waals surface area contributed by atoms with Gasteiger partial charge in [0, 0.05) is 26.2 Å². The van der Waals surface area contributed by atoms with Crippen molar-refractivity contribution < 1.29 is 31.5 Å². The van der Waals surface area contributed by atoms with Gasteiger partial charge in [-0.05, 0) is 42.3 Å². The summed E-state index contributed by atoms with van der Waals surface area (Å²) in [6.07, 6.45) is 0.111. The van der Waals surface area contributed by atoms with Gasteiger partial charge >= 0.3 is 5.97 Å². The van der Waals surface area contributed by atoms with Crippen LogP contribution >= 0.6 is 0 Å². The number of ether oxygens (including phenoxy) is 1. The summed E-state index contributed by atoms with van der Waals surface area (Å²) in [6, 6.07) is 12.3. The van der Waals surface area contributed by atoms with E-state index in [1.807, 2.05) is 19.0 Å². The molecule has 188 valence electrons. The average molecular weight is 503 g/mol. The standard InChI is InChI=1S/C26H22F5N3O2/c1-4-36-26(35)16-7-5-14(6-8-16)18-13-19(15-9-11-17(12-10-15)33(2)3)34(32-18)25-23(30)21(28)20(27)22(29)24(25)31/h5-12,19H,4,13H2,1-3H3. The quantitative estimate of drug-likeness (QED) is 0.180. The highest BCUT2D eigenvalue weighted by Crippen LogP contribution is 2.41. The number of esters is 1. The predicted octanol–water partition coefficient (Wildman–Crippen LogP) is 5.98. The van der Waals surface area contributed by atoms with E-state index in [-0.39, 0.29) is 13.0 Å². The topological polar surface area (TPSA) is 45.1 Å². The zero-order valence-electron chi connectivity index (χ0n) is 19.7. The van der Waals surface area contributed by atoms with Gasteiger partial charge in [0.15, 0.2) is 23.3 Å². The SMILES string of the molecule is CCOC(=O)c1ccc(C2=NN(c3c(F)c(F)c(F)c(F)c3F)C(c3ccc(N(C)C)cc3)C2)cc1. The number of hydrazone groups is 1. The molecule has 4 rings (SSSR count). The van der Waals surface area contributed by atoms with E-state index in [2.05, 4.69) is 5.10 Å². The fraction of sp³-hybridized carbons (Fsp3) is 0.231. The zero-order chi connectivity index (χ0) is 26.1. The molecule has 0 saturated heterocycles. The fourth-order valence-corrected chi connectivity index (χ4v) is 3.95. The number of hydrogen-bond acceptors (Lipinski definition) is 5. The molecule has 0 aliphatic carbocycles. The number of carbonyl (C=O) groups is 1. The van der Waals surface area contributed by atoms with Crippen LogP contribution in [0.5, 0.6) is 0 Å². The van der Waals surface area contributed by atoms with E-state index in [9.17, 15) is 26.7 Å². The first-order chi connectivity index (χ1) is 17.1. The Morgan fingerprint density at radius 3 is 2.00 bits per heavy atom. The lowest BCUT2D eigenvalue weighted by Gasteiger charge is -2.25. The molecule has 1 atom stereocenters. The van der Waals surface area contributed by atoms with Crippen LogP contribution in [-0.2, 0) is 4.74 Å². The molecular formula is C26H22F5N3O2. The third kappa shape index (κ3) is 4.50. The van der Waals surface area contributed by atoms with E-state index in [1.54, 1.807) is 43.3 Å². The number of benzene rings is 3. The maximum absolute atomic E-state index is 14.8. The molecule has 3 aromatic carbocycles. The summed E-state index contributed by atoms with van der Waals surface area (Å²) in [5.41, 5.74) is 1.44. The van der Waals surface area contributed by atoms with Crippen molar-refractivity contribution in [1.29, 1.82) is 0 Å². The minimum Gasteiger partial charge on any atom is -0.462 e. The molecule has 5 nitrogen and oxygen atoms in total. The van der Waals surface area contributed by atoms with Crippen molar-refractivity contribution in [3.05, 3.63) is 94.3 Å². The van der Waals surface area contributed by atoms with Crippen LogP contribution in [0.1, 0.15) is 40.9 Å². The summed E-state index contributed by atoms with van der Waals surface area (Å²) in [5, 5.41) is 5.10. The molecule has 1 heterocycles. The molecule has 1 unspecified atom stereocenters. The molecule has 0 spiro atoms. The lowest BCUT2D eigenvalue weighted by Crippen LogP contribution is -2.23. The van der Waals surface area contributed by atoms with Crippen molar-refractivity contribution in [2.75, 3.05) is 30.6 Å². The van der Waals surface area contributed by atoms with E-state index < -0.39 is 46.8 Å². The summed E-state index contributed by atoms with van der Waals surface area (Å²) in [4.78, 5) is 13.8. The Balaban J connectivity index is 1.80. The van der Waals surface area contributed by atoms with Crippen LogP contribution in [0, 0.1) is 29.1 Å². The largest absolute Gasteiger partial charge is 0.462 e. The van der Waals surface area contributed by atoms with Gasteiger partial charge in [-0.3, -0.25) is 5.01 Å². The highest BCUT2D eigenvalue weighted by atomic mass is 19.2. The highest BCUT2D eigenvalue weighted by Gasteiger charge is 2.37. The molecule has 0 saturated carbocycles. The van der Waals surface area contributed by atoms with Crippen LogP contribution in [0.2, 0.25) is 0 Å². The molecule has 36 heavy (non-hydrogen) atoms. The Labute approximate surface area is 204 Å². The Kier molecular flexibility index (Phi) is 6.96. The molecule has 10 heteroatoms. The predicted molar refractivity (Wildman–Crippen MR) is 126 cm³/mol. The van der Waals surface area contributed by atoms with Crippen molar-refractivity contribution >= 4 is 23.1 Å². The van der Waals surface area contributed by atoms with E-state index in [0.29, 0.717) is 22.4 Å². The van der Waals surface area contributed by atoms with Crippen molar-refractivity contribution in [1.82, 2.24) is 0 Å². The minimum absolute atomic E-state index is 0.111. The van der Waals surface area contributed by atoms with Gasteiger partial charge in [-0.1, -0.05) is 24.3 Å². The van der Waals surface area contributed by atoms with Gasteiger partial charge in [0.1, 0.15) is 5.69 Å². The van der Waals surface area contributed by atoms with Gasteiger partial charge in [0.25, 0.3) is 0 Å². The molecule has 0 amide bonds. The molecule has 1 aliphatic heterocycles. The first-order valence-corrected chi connectivity index (χ1v) is 11.1. The maximum Gasteiger partial charge on any atom is 0.338 e. The number of halogens is 5. The molecule has 0 bridgehead atoms. The smallest absolute Gasteiger partial charge is 0.338 e. The van der Waals surface area contributed by atoms with Gasteiger partial charge in [-0.2, -0.15) is 5.10 Å². The second-order valence-electron chi connectivity index (χ2n) is 8.31. The number of hydrogen-bond donors (Lipinski definition) is 0. The minimum atomic E-state index is -2.24. The van der Waals surface area contributed by atoms with Crippen molar-refractivity contribution in [2.45, 2.75) is 19.4 Å². The molecule has 1 aliphatic rings. The van der Waals surface area contributed by atoms with Crippen LogP contribution in [0.4, 0.5) is 33.3 Å². The molecule has 0 fully saturated rings. The summed E-state index contributed by atoms with van der Waals surface area (Å²) in [6.45, 7) is 1.89.